The molecule has 1 saturated carbocycles. The van der Waals surface area contributed by atoms with Crippen LogP contribution in [-0.4, -0.2) is 22.1 Å². The van der Waals surface area contributed by atoms with Gasteiger partial charge in [0.2, 0.25) is 0 Å². The van der Waals surface area contributed by atoms with Gasteiger partial charge in [0.15, 0.2) is 10.8 Å². The third-order valence-corrected chi connectivity index (χ3v) is 3.82. The molecule has 1 amide bonds. The molecule has 1 heterocycles. The van der Waals surface area contributed by atoms with Crippen molar-refractivity contribution >= 4 is 17.5 Å². The Bertz CT molecular complexity index is 407. The Hall–Kier alpha value is -1.16. The first-order valence-electron chi connectivity index (χ1n) is 6.50. The lowest BCUT2D eigenvalue weighted by atomic mass is 9.83. The van der Waals surface area contributed by atoms with E-state index in [1.807, 2.05) is 0 Å². The molecule has 98 valence electrons. The summed E-state index contributed by atoms with van der Waals surface area (Å²) in [5.74, 6) is 0.437. The summed E-state index contributed by atoms with van der Waals surface area (Å²) in [5.41, 5.74) is 0.333. The molecule has 0 saturated heterocycles. The lowest BCUT2D eigenvalue weighted by molar-refractivity contribution is 0.0898. The summed E-state index contributed by atoms with van der Waals surface area (Å²) < 4.78 is 0. The van der Waals surface area contributed by atoms with Gasteiger partial charge in [-0.25, -0.2) is 0 Å². The minimum Gasteiger partial charge on any atom is -0.348 e. The van der Waals surface area contributed by atoms with Gasteiger partial charge in [-0.1, -0.05) is 37.8 Å². The normalized spacial score (nSPS) is 23.7. The van der Waals surface area contributed by atoms with Gasteiger partial charge in [-0.2, -0.15) is 0 Å². The zero-order valence-electron chi connectivity index (χ0n) is 10.5. The third kappa shape index (κ3) is 3.19. The quantitative estimate of drug-likeness (QED) is 0.916. The average Bonchev–Trinajstić information content (AvgIpc) is 2.40. The first-order chi connectivity index (χ1) is 8.70. The average molecular weight is 268 g/mol. The summed E-state index contributed by atoms with van der Waals surface area (Å²) in [6.45, 7) is 2.18. The minimum atomic E-state index is -0.149. The summed E-state index contributed by atoms with van der Waals surface area (Å²) in [6.07, 6.45) is 5.83. The number of amides is 1. The minimum absolute atomic E-state index is 0.149. The maximum absolute atomic E-state index is 12.0. The van der Waals surface area contributed by atoms with Gasteiger partial charge in [0, 0.05) is 6.04 Å². The fourth-order valence-corrected chi connectivity index (χ4v) is 2.67. The molecular formula is C13H18ClN3O. The van der Waals surface area contributed by atoms with Crippen LogP contribution in [0.4, 0.5) is 0 Å². The third-order valence-electron chi connectivity index (χ3n) is 3.61. The van der Waals surface area contributed by atoms with Crippen LogP contribution < -0.4 is 5.32 Å². The van der Waals surface area contributed by atoms with Gasteiger partial charge in [-0.3, -0.25) is 4.79 Å². The Morgan fingerprint density at radius 2 is 2.17 bits per heavy atom. The van der Waals surface area contributed by atoms with E-state index >= 15 is 0 Å². The smallest absolute Gasteiger partial charge is 0.272 e. The Balaban J connectivity index is 1.99. The predicted octanol–water partition coefficient (Wildman–Crippen LogP) is 2.83. The van der Waals surface area contributed by atoms with Gasteiger partial charge in [0.05, 0.1) is 0 Å². The van der Waals surface area contributed by atoms with Crippen LogP contribution in [0.3, 0.4) is 0 Å². The summed E-state index contributed by atoms with van der Waals surface area (Å²) in [4.78, 5) is 12.0. The van der Waals surface area contributed by atoms with E-state index in [0.29, 0.717) is 16.8 Å². The number of hydrogen-bond donors (Lipinski definition) is 1. The summed E-state index contributed by atoms with van der Waals surface area (Å²) in [6, 6.07) is 3.46. The second-order valence-electron chi connectivity index (χ2n) is 4.77. The van der Waals surface area contributed by atoms with Gasteiger partial charge in [0.1, 0.15) is 0 Å². The van der Waals surface area contributed by atoms with E-state index in [4.69, 9.17) is 11.6 Å². The van der Waals surface area contributed by atoms with E-state index < -0.39 is 0 Å². The van der Waals surface area contributed by atoms with E-state index in [9.17, 15) is 4.79 Å². The molecule has 2 rings (SSSR count). The zero-order chi connectivity index (χ0) is 13.0. The van der Waals surface area contributed by atoms with Gasteiger partial charge in [-0.15, -0.1) is 10.2 Å². The van der Waals surface area contributed by atoms with Crippen LogP contribution >= 0.6 is 11.6 Å². The predicted molar refractivity (Wildman–Crippen MR) is 70.5 cm³/mol. The highest BCUT2D eigenvalue weighted by atomic mass is 35.5. The van der Waals surface area contributed by atoms with Crippen LogP contribution in [-0.2, 0) is 0 Å². The molecule has 0 aliphatic heterocycles. The molecule has 1 aliphatic rings. The topological polar surface area (TPSA) is 54.9 Å². The Morgan fingerprint density at radius 1 is 1.39 bits per heavy atom. The van der Waals surface area contributed by atoms with Gasteiger partial charge in [-0.05, 0) is 30.9 Å². The molecular weight excluding hydrogens is 250 g/mol. The fourth-order valence-electron chi connectivity index (χ4n) is 2.57. The molecule has 1 aromatic heterocycles. The van der Waals surface area contributed by atoms with Crippen molar-refractivity contribution in [3.8, 4) is 0 Å². The fraction of sp³-hybridized carbons (Fsp3) is 0.615. The molecule has 18 heavy (non-hydrogen) atoms. The first-order valence-corrected chi connectivity index (χ1v) is 6.88. The van der Waals surface area contributed by atoms with Crippen molar-refractivity contribution in [2.45, 2.75) is 45.1 Å². The number of hydrogen-bond acceptors (Lipinski definition) is 3. The van der Waals surface area contributed by atoms with Crippen LogP contribution in [0, 0.1) is 5.92 Å². The van der Waals surface area contributed by atoms with E-state index in [0.717, 1.165) is 12.8 Å². The number of nitrogens with one attached hydrogen (secondary N) is 1. The molecule has 4 nitrogen and oxygen atoms in total. The standard InChI is InChI=1S/C13H18ClN3O/c1-2-9-5-3-4-6-10(9)15-13(18)11-7-8-12(14)17-16-11/h7-10H,2-6H2,1H3,(H,15,18). The number of aromatic nitrogens is 2. The van der Waals surface area contributed by atoms with Crippen LogP contribution in [0.25, 0.3) is 0 Å². The largest absolute Gasteiger partial charge is 0.348 e. The molecule has 0 spiro atoms. The van der Waals surface area contributed by atoms with E-state index in [2.05, 4.69) is 22.4 Å². The van der Waals surface area contributed by atoms with E-state index in [1.54, 1.807) is 12.1 Å². The summed E-state index contributed by atoms with van der Waals surface area (Å²) >= 11 is 5.65. The number of nitrogens with zero attached hydrogens (tertiary/aromatic N) is 2. The van der Waals surface area contributed by atoms with Gasteiger partial charge in [0.25, 0.3) is 5.91 Å². The first kappa shape index (κ1) is 13.3. The van der Waals surface area contributed by atoms with Gasteiger partial charge >= 0.3 is 0 Å². The highest BCUT2D eigenvalue weighted by Gasteiger charge is 2.25. The van der Waals surface area contributed by atoms with Crippen molar-refractivity contribution in [2.24, 2.45) is 5.92 Å². The zero-order valence-corrected chi connectivity index (χ0v) is 11.3. The van der Waals surface area contributed by atoms with Crippen molar-refractivity contribution in [1.82, 2.24) is 15.5 Å². The van der Waals surface area contributed by atoms with Crippen LogP contribution in [0.5, 0.6) is 0 Å². The second-order valence-corrected chi connectivity index (χ2v) is 5.16. The Labute approximate surface area is 112 Å². The van der Waals surface area contributed by atoms with Crippen LogP contribution in [0.2, 0.25) is 5.15 Å². The molecule has 2 atom stereocenters. The van der Waals surface area contributed by atoms with Crippen molar-refractivity contribution in [2.75, 3.05) is 0 Å². The number of rotatable bonds is 3. The van der Waals surface area contributed by atoms with Crippen LogP contribution in [0.15, 0.2) is 12.1 Å². The highest BCUT2D eigenvalue weighted by molar-refractivity contribution is 6.29. The monoisotopic (exact) mass is 267 g/mol. The molecule has 5 heteroatoms. The van der Waals surface area contributed by atoms with E-state index in [-0.39, 0.29) is 11.9 Å². The number of carbonyl (C=O) groups is 1. The van der Waals surface area contributed by atoms with Crippen molar-refractivity contribution in [1.29, 1.82) is 0 Å². The van der Waals surface area contributed by atoms with Crippen molar-refractivity contribution < 1.29 is 4.79 Å². The van der Waals surface area contributed by atoms with Crippen LogP contribution in [0.1, 0.15) is 49.5 Å². The lowest BCUT2D eigenvalue weighted by Gasteiger charge is -2.31. The molecule has 1 aromatic rings. The Morgan fingerprint density at radius 3 is 2.83 bits per heavy atom. The maximum Gasteiger partial charge on any atom is 0.272 e. The van der Waals surface area contributed by atoms with E-state index in [1.165, 1.54) is 19.3 Å². The summed E-state index contributed by atoms with van der Waals surface area (Å²) in [5, 5.41) is 10.9. The molecule has 2 unspecified atom stereocenters. The molecule has 0 radical (unpaired) electrons. The lowest BCUT2D eigenvalue weighted by Crippen LogP contribution is -2.42. The maximum atomic E-state index is 12.0. The molecule has 1 fully saturated rings. The van der Waals surface area contributed by atoms with Crippen molar-refractivity contribution in [3.05, 3.63) is 23.0 Å². The van der Waals surface area contributed by atoms with Crippen molar-refractivity contribution in [3.63, 3.8) is 0 Å². The SMILES string of the molecule is CCC1CCCCC1NC(=O)c1ccc(Cl)nn1. The highest BCUT2D eigenvalue weighted by Crippen LogP contribution is 2.26. The molecule has 0 bridgehead atoms. The molecule has 0 aromatic carbocycles. The summed E-state index contributed by atoms with van der Waals surface area (Å²) in [7, 11) is 0. The number of halogens is 1. The molecule has 1 aliphatic carbocycles. The molecule has 1 N–H and O–H groups in total. The second kappa shape index (κ2) is 6.14. The number of carbonyl (C=O) groups excluding carboxylic acids is 1. The van der Waals surface area contributed by atoms with Gasteiger partial charge < -0.3 is 5.32 Å². The Kier molecular flexibility index (Phi) is 4.53.